The Bertz CT molecular complexity index is 417. The molecule has 2 atom stereocenters. The third-order valence-electron chi connectivity index (χ3n) is 4.22. The van der Waals surface area contributed by atoms with Crippen LogP contribution in [0.2, 0.25) is 0 Å². The Morgan fingerprint density at radius 1 is 1.37 bits per heavy atom. The first-order valence-corrected chi connectivity index (χ1v) is 8.28. The van der Waals surface area contributed by atoms with E-state index in [0.29, 0.717) is 12.7 Å². The molecular formula is C15H25BrN2O. The maximum absolute atomic E-state index is 6.15. The Hall–Kier alpha value is -0.350. The van der Waals surface area contributed by atoms with E-state index in [0.717, 1.165) is 22.6 Å². The molecule has 108 valence electrons. The van der Waals surface area contributed by atoms with Gasteiger partial charge in [0.2, 0.25) is 0 Å². The van der Waals surface area contributed by atoms with Crippen molar-refractivity contribution in [2.75, 3.05) is 0 Å². The zero-order valence-electron chi connectivity index (χ0n) is 12.3. The summed E-state index contributed by atoms with van der Waals surface area (Å²) in [7, 11) is 0. The van der Waals surface area contributed by atoms with E-state index in [1.54, 1.807) is 0 Å². The van der Waals surface area contributed by atoms with E-state index < -0.39 is 0 Å². The number of aromatic nitrogens is 2. The molecule has 1 aromatic rings. The molecule has 1 aromatic heterocycles. The lowest BCUT2D eigenvalue weighted by Gasteiger charge is -2.28. The van der Waals surface area contributed by atoms with Gasteiger partial charge in [-0.2, -0.15) is 5.10 Å². The largest absolute Gasteiger partial charge is 0.372 e. The average molecular weight is 329 g/mol. The molecule has 0 amide bonds. The van der Waals surface area contributed by atoms with Gasteiger partial charge in [0.15, 0.2) is 0 Å². The van der Waals surface area contributed by atoms with Crippen LogP contribution in [0, 0.1) is 12.8 Å². The molecule has 0 saturated heterocycles. The van der Waals surface area contributed by atoms with Crippen LogP contribution in [0.5, 0.6) is 0 Å². The van der Waals surface area contributed by atoms with E-state index in [1.807, 2.05) is 11.6 Å². The number of aryl methyl sites for hydroxylation is 2. The minimum absolute atomic E-state index is 0.436. The maximum Gasteiger partial charge on any atom is 0.0900 e. The Morgan fingerprint density at radius 3 is 2.84 bits per heavy atom. The number of halogens is 1. The summed E-state index contributed by atoms with van der Waals surface area (Å²) in [5.41, 5.74) is 2.23. The van der Waals surface area contributed by atoms with Crippen LogP contribution in [0.4, 0.5) is 0 Å². The SMILES string of the molecule is CCC1CCCC(OCc2c(Br)c(C)nn2CC)C1. The monoisotopic (exact) mass is 328 g/mol. The molecule has 19 heavy (non-hydrogen) atoms. The molecule has 0 bridgehead atoms. The summed E-state index contributed by atoms with van der Waals surface area (Å²) >= 11 is 3.63. The van der Waals surface area contributed by atoms with Crippen molar-refractivity contribution in [3.63, 3.8) is 0 Å². The van der Waals surface area contributed by atoms with Crippen molar-refractivity contribution < 1.29 is 4.74 Å². The lowest BCUT2D eigenvalue weighted by molar-refractivity contribution is -0.00136. The van der Waals surface area contributed by atoms with Gasteiger partial charge in [-0.1, -0.05) is 26.2 Å². The summed E-state index contributed by atoms with van der Waals surface area (Å²) in [6.45, 7) is 8.02. The van der Waals surface area contributed by atoms with E-state index in [1.165, 1.54) is 37.8 Å². The first-order chi connectivity index (χ1) is 9.15. The predicted molar refractivity (Wildman–Crippen MR) is 81.2 cm³/mol. The lowest BCUT2D eigenvalue weighted by Crippen LogP contribution is -2.23. The van der Waals surface area contributed by atoms with Crippen molar-refractivity contribution in [3.05, 3.63) is 15.9 Å². The quantitative estimate of drug-likeness (QED) is 0.797. The fourth-order valence-electron chi connectivity index (χ4n) is 2.97. The van der Waals surface area contributed by atoms with Gasteiger partial charge in [0.1, 0.15) is 0 Å². The second-order valence-corrected chi connectivity index (χ2v) is 6.33. The molecule has 2 unspecified atom stereocenters. The summed E-state index contributed by atoms with van der Waals surface area (Å²) < 4.78 is 9.30. The summed E-state index contributed by atoms with van der Waals surface area (Å²) in [4.78, 5) is 0. The molecule has 0 aromatic carbocycles. The molecule has 0 aliphatic heterocycles. The highest BCUT2D eigenvalue weighted by atomic mass is 79.9. The van der Waals surface area contributed by atoms with E-state index in [9.17, 15) is 0 Å². The molecule has 0 radical (unpaired) electrons. The van der Waals surface area contributed by atoms with Gasteiger partial charge in [-0.3, -0.25) is 4.68 Å². The second-order valence-electron chi connectivity index (χ2n) is 5.54. The Morgan fingerprint density at radius 2 is 2.16 bits per heavy atom. The number of rotatable bonds is 5. The van der Waals surface area contributed by atoms with E-state index in [-0.39, 0.29) is 0 Å². The van der Waals surface area contributed by atoms with E-state index in [4.69, 9.17) is 4.74 Å². The topological polar surface area (TPSA) is 27.1 Å². The third-order valence-corrected chi connectivity index (χ3v) is 5.25. The van der Waals surface area contributed by atoms with Gasteiger partial charge < -0.3 is 4.74 Å². The lowest BCUT2D eigenvalue weighted by atomic mass is 9.85. The molecule has 4 heteroatoms. The zero-order chi connectivity index (χ0) is 13.8. The fraction of sp³-hybridized carbons (Fsp3) is 0.800. The van der Waals surface area contributed by atoms with Crippen LogP contribution >= 0.6 is 15.9 Å². The molecule has 2 rings (SSSR count). The van der Waals surface area contributed by atoms with Crippen molar-refractivity contribution >= 4 is 15.9 Å². The molecule has 1 aliphatic carbocycles. The molecule has 0 spiro atoms. The highest BCUT2D eigenvalue weighted by molar-refractivity contribution is 9.10. The molecule has 0 N–H and O–H groups in total. The molecule has 1 aliphatic rings. The standard InChI is InChI=1S/C15H25BrN2O/c1-4-12-7-6-8-13(9-12)19-10-14-15(16)11(3)17-18(14)5-2/h12-13H,4-10H2,1-3H3. The smallest absolute Gasteiger partial charge is 0.0900 e. The molecule has 3 nitrogen and oxygen atoms in total. The predicted octanol–water partition coefficient (Wildman–Crippen LogP) is 4.46. The van der Waals surface area contributed by atoms with Crippen molar-refractivity contribution in [2.45, 2.75) is 72.1 Å². The summed E-state index contributed by atoms with van der Waals surface area (Å²) in [6, 6.07) is 0. The Balaban J connectivity index is 1.95. The minimum Gasteiger partial charge on any atom is -0.372 e. The van der Waals surface area contributed by atoms with Crippen molar-refractivity contribution in [1.82, 2.24) is 9.78 Å². The Kier molecular flexibility index (Phi) is 5.46. The normalized spacial score (nSPS) is 23.8. The summed E-state index contributed by atoms with van der Waals surface area (Å²) in [6.07, 6.45) is 6.87. The summed E-state index contributed by atoms with van der Waals surface area (Å²) in [5, 5.41) is 4.51. The van der Waals surface area contributed by atoms with Gasteiger partial charge in [0, 0.05) is 6.54 Å². The second kappa shape index (κ2) is 6.89. The van der Waals surface area contributed by atoms with Crippen LogP contribution in [0.15, 0.2) is 4.47 Å². The van der Waals surface area contributed by atoms with Crippen LogP contribution in [0.25, 0.3) is 0 Å². The highest BCUT2D eigenvalue weighted by Gasteiger charge is 2.22. The van der Waals surface area contributed by atoms with Gasteiger partial charge in [0.05, 0.1) is 28.6 Å². The number of hydrogen-bond acceptors (Lipinski definition) is 2. The van der Waals surface area contributed by atoms with Crippen molar-refractivity contribution in [1.29, 1.82) is 0 Å². The van der Waals surface area contributed by atoms with Crippen LogP contribution in [0.3, 0.4) is 0 Å². The van der Waals surface area contributed by atoms with Gasteiger partial charge in [-0.05, 0) is 48.5 Å². The van der Waals surface area contributed by atoms with E-state index in [2.05, 4.69) is 34.9 Å². The van der Waals surface area contributed by atoms with Crippen LogP contribution in [0.1, 0.15) is 57.3 Å². The van der Waals surface area contributed by atoms with Crippen LogP contribution < -0.4 is 0 Å². The van der Waals surface area contributed by atoms with Gasteiger partial charge in [0.25, 0.3) is 0 Å². The molecular weight excluding hydrogens is 304 g/mol. The first-order valence-electron chi connectivity index (χ1n) is 7.49. The molecule has 1 fully saturated rings. The Labute approximate surface area is 124 Å². The zero-order valence-corrected chi connectivity index (χ0v) is 13.9. The fourth-order valence-corrected chi connectivity index (χ4v) is 3.37. The van der Waals surface area contributed by atoms with Gasteiger partial charge in [-0.25, -0.2) is 0 Å². The van der Waals surface area contributed by atoms with E-state index >= 15 is 0 Å². The van der Waals surface area contributed by atoms with Crippen molar-refractivity contribution in [2.24, 2.45) is 5.92 Å². The average Bonchev–Trinajstić information content (AvgIpc) is 2.72. The van der Waals surface area contributed by atoms with Crippen LogP contribution in [-0.2, 0) is 17.9 Å². The highest BCUT2D eigenvalue weighted by Crippen LogP contribution is 2.30. The number of hydrogen-bond donors (Lipinski definition) is 0. The van der Waals surface area contributed by atoms with Crippen LogP contribution in [-0.4, -0.2) is 15.9 Å². The van der Waals surface area contributed by atoms with Gasteiger partial charge >= 0.3 is 0 Å². The van der Waals surface area contributed by atoms with Crippen molar-refractivity contribution in [3.8, 4) is 0 Å². The molecule has 1 heterocycles. The minimum atomic E-state index is 0.436. The third kappa shape index (κ3) is 3.60. The first kappa shape index (κ1) is 15.0. The number of ether oxygens (including phenoxy) is 1. The van der Waals surface area contributed by atoms with Gasteiger partial charge in [-0.15, -0.1) is 0 Å². The number of nitrogens with zero attached hydrogens (tertiary/aromatic N) is 2. The summed E-state index contributed by atoms with van der Waals surface area (Å²) in [5.74, 6) is 0.861. The maximum atomic E-state index is 6.15. The molecule has 1 saturated carbocycles.